The molecule has 0 bridgehead atoms. The third-order valence-electron chi connectivity index (χ3n) is 3.76. The van der Waals surface area contributed by atoms with Crippen LogP contribution < -0.4 is 9.47 Å². The Labute approximate surface area is 141 Å². The van der Waals surface area contributed by atoms with Gasteiger partial charge in [-0.05, 0) is 36.6 Å². The number of ether oxygens (including phenoxy) is 3. The summed E-state index contributed by atoms with van der Waals surface area (Å²) in [7, 11) is 0.388. The number of carbonyl (C=O) groups excluding carboxylic acids is 1. The average Bonchev–Trinajstić information content (AvgIpc) is 3.13. The van der Waals surface area contributed by atoms with Crippen LogP contribution in [0.15, 0.2) is 23.1 Å². The fraction of sp³-hybridized carbons (Fsp3) is 0.438. The highest BCUT2D eigenvalue weighted by molar-refractivity contribution is 7.89. The van der Waals surface area contributed by atoms with Crippen LogP contribution in [0.3, 0.4) is 0 Å². The van der Waals surface area contributed by atoms with Gasteiger partial charge in [-0.25, -0.2) is 13.2 Å². The molecule has 2 rings (SSSR count). The van der Waals surface area contributed by atoms with E-state index in [0.29, 0.717) is 18.7 Å². The number of rotatable bonds is 6. The minimum atomic E-state index is -3.70. The molecule has 0 aromatic heterocycles. The number of methoxy groups -OCH3 is 3. The Kier molecular flexibility index (Phi) is 5.84. The van der Waals surface area contributed by atoms with E-state index in [1.54, 1.807) is 6.07 Å². The topological polar surface area (TPSA) is 82.1 Å². The molecule has 24 heavy (non-hydrogen) atoms. The Morgan fingerprint density at radius 1 is 1.12 bits per heavy atom. The number of esters is 1. The maximum Gasteiger partial charge on any atom is 0.330 e. The van der Waals surface area contributed by atoms with Gasteiger partial charge in [0.05, 0.1) is 21.3 Å². The Bertz CT molecular complexity index is 735. The molecule has 1 aliphatic heterocycles. The fourth-order valence-electron chi connectivity index (χ4n) is 2.54. The number of hydrogen-bond acceptors (Lipinski definition) is 6. The lowest BCUT2D eigenvalue weighted by atomic mass is 10.2. The zero-order valence-electron chi connectivity index (χ0n) is 13.9. The largest absolute Gasteiger partial charge is 0.493 e. The first-order valence-corrected chi connectivity index (χ1v) is 8.90. The van der Waals surface area contributed by atoms with Crippen LogP contribution in [0.25, 0.3) is 6.08 Å². The predicted octanol–water partition coefficient (Wildman–Crippen LogP) is 1.67. The lowest BCUT2D eigenvalue weighted by Gasteiger charge is -2.19. The van der Waals surface area contributed by atoms with Crippen molar-refractivity contribution < 1.29 is 27.4 Å². The molecular formula is C16H21NO6S. The van der Waals surface area contributed by atoms with Gasteiger partial charge in [-0.2, -0.15) is 4.31 Å². The van der Waals surface area contributed by atoms with Crippen LogP contribution in [0.2, 0.25) is 0 Å². The summed E-state index contributed by atoms with van der Waals surface area (Å²) in [6.07, 6.45) is 4.35. The van der Waals surface area contributed by atoms with Crippen molar-refractivity contribution in [3.63, 3.8) is 0 Å². The average molecular weight is 355 g/mol. The van der Waals surface area contributed by atoms with E-state index in [4.69, 9.17) is 9.47 Å². The molecule has 8 heteroatoms. The highest BCUT2D eigenvalue weighted by atomic mass is 32.2. The molecule has 0 saturated carbocycles. The molecule has 1 aromatic carbocycles. The van der Waals surface area contributed by atoms with E-state index in [-0.39, 0.29) is 16.4 Å². The molecule has 1 fully saturated rings. The smallest absolute Gasteiger partial charge is 0.330 e. The third-order valence-corrected chi connectivity index (χ3v) is 5.67. The summed E-state index contributed by atoms with van der Waals surface area (Å²) in [6, 6.07) is 3.07. The van der Waals surface area contributed by atoms with Crippen molar-refractivity contribution in [2.45, 2.75) is 17.7 Å². The molecule has 0 aliphatic carbocycles. The van der Waals surface area contributed by atoms with E-state index in [1.807, 2.05) is 0 Å². The standard InChI is InChI=1S/C16H21NO6S/c1-21-13-10-12(6-7-15(18)22-2)11-14(16(13)23-3)24(19,20)17-8-4-5-9-17/h6-7,10-11H,4-5,8-9H2,1-3H3/b7-6+. The van der Waals surface area contributed by atoms with Crippen molar-refractivity contribution in [2.75, 3.05) is 34.4 Å². The predicted molar refractivity (Wildman–Crippen MR) is 88.6 cm³/mol. The summed E-state index contributed by atoms with van der Waals surface area (Å²) in [5.74, 6) is -0.101. The first-order chi connectivity index (χ1) is 11.4. The summed E-state index contributed by atoms with van der Waals surface area (Å²) >= 11 is 0. The Morgan fingerprint density at radius 3 is 2.33 bits per heavy atom. The second-order valence-corrected chi connectivity index (χ2v) is 7.13. The lowest BCUT2D eigenvalue weighted by molar-refractivity contribution is -0.134. The Hall–Kier alpha value is -2.06. The number of benzene rings is 1. The van der Waals surface area contributed by atoms with Crippen molar-refractivity contribution in [3.8, 4) is 11.5 Å². The molecule has 1 aromatic rings. The normalized spacial score (nSPS) is 15.6. The maximum atomic E-state index is 12.9. The number of hydrogen-bond donors (Lipinski definition) is 0. The molecule has 1 aliphatic rings. The van der Waals surface area contributed by atoms with E-state index in [2.05, 4.69) is 4.74 Å². The molecule has 0 radical (unpaired) electrons. The van der Waals surface area contributed by atoms with E-state index < -0.39 is 16.0 Å². The van der Waals surface area contributed by atoms with Gasteiger partial charge < -0.3 is 14.2 Å². The van der Waals surface area contributed by atoms with Gasteiger partial charge in [0.25, 0.3) is 0 Å². The van der Waals surface area contributed by atoms with Crippen molar-refractivity contribution in [3.05, 3.63) is 23.8 Å². The van der Waals surface area contributed by atoms with E-state index in [1.165, 1.54) is 43.9 Å². The molecule has 7 nitrogen and oxygen atoms in total. The van der Waals surface area contributed by atoms with Gasteiger partial charge in [0.1, 0.15) is 4.90 Å². The first-order valence-electron chi connectivity index (χ1n) is 7.46. The molecule has 0 amide bonds. The van der Waals surface area contributed by atoms with Crippen LogP contribution >= 0.6 is 0 Å². The summed E-state index contributed by atoms with van der Waals surface area (Å²) < 4.78 is 42.3. The van der Waals surface area contributed by atoms with Crippen molar-refractivity contribution in [1.82, 2.24) is 4.31 Å². The van der Waals surface area contributed by atoms with Crippen LogP contribution in [0.4, 0.5) is 0 Å². The Balaban J connectivity index is 2.55. The van der Waals surface area contributed by atoms with E-state index in [0.717, 1.165) is 12.8 Å². The van der Waals surface area contributed by atoms with Gasteiger partial charge in [0.2, 0.25) is 10.0 Å². The first kappa shape index (κ1) is 18.3. The van der Waals surface area contributed by atoms with Crippen LogP contribution in [0, 0.1) is 0 Å². The third kappa shape index (κ3) is 3.70. The molecule has 0 spiro atoms. The number of nitrogens with zero attached hydrogens (tertiary/aromatic N) is 1. The molecular weight excluding hydrogens is 334 g/mol. The van der Waals surface area contributed by atoms with Crippen LogP contribution in [-0.2, 0) is 19.6 Å². The second kappa shape index (κ2) is 7.67. The number of sulfonamides is 1. The van der Waals surface area contributed by atoms with Crippen LogP contribution in [0.5, 0.6) is 11.5 Å². The minimum Gasteiger partial charge on any atom is -0.493 e. The van der Waals surface area contributed by atoms with Gasteiger partial charge in [-0.1, -0.05) is 0 Å². The summed E-state index contributed by atoms with van der Waals surface area (Å²) in [6.45, 7) is 0.964. The van der Waals surface area contributed by atoms with Crippen molar-refractivity contribution in [2.24, 2.45) is 0 Å². The van der Waals surface area contributed by atoms with E-state index in [9.17, 15) is 13.2 Å². The minimum absolute atomic E-state index is 0.0239. The summed E-state index contributed by atoms with van der Waals surface area (Å²) in [5.41, 5.74) is 0.496. The molecule has 0 atom stereocenters. The zero-order chi connectivity index (χ0) is 17.7. The highest BCUT2D eigenvalue weighted by Crippen LogP contribution is 2.38. The van der Waals surface area contributed by atoms with Gasteiger partial charge in [-0.15, -0.1) is 0 Å². The monoisotopic (exact) mass is 355 g/mol. The van der Waals surface area contributed by atoms with Crippen molar-refractivity contribution >= 4 is 22.1 Å². The Morgan fingerprint density at radius 2 is 1.79 bits per heavy atom. The lowest BCUT2D eigenvalue weighted by Crippen LogP contribution is -2.28. The fourth-order valence-corrected chi connectivity index (χ4v) is 4.26. The van der Waals surface area contributed by atoms with Gasteiger partial charge in [0, 0.05) is 19.2 Å². The SMILES string of the molecule is COC(=O)/C=C/c1cc(OC)c(OC)c(S(=O)(=O)N2CCCC2)c1. The van der Waals surface area contributed by atoms with E-state index >= 15 is 0 Å². The summed E-state index contributed by atoms with van der Waals surface area (Å²) in [4.78, 5) is 11.3. The second-order valence-electron chi connectivity index (χ2n) is 5.22. The molecule has 0 N–H and O–H groups in total. The quantitative estimate of drug-likeness (QED) is 0.570. The number of carbonyl (C=O) groups is 1. The van der Waals surface area contributed by atoms with Gasteiger partial charge in [0.15, 0.2) is 11.5 Å². The molecule has 1 saturated heterocycles. The van der Waals surface area contributed by atoms with Gasteiger partial charge >= 0.3 is 5.97 Å². The van der Waals surface area contributed by atoms with Gasteiger partial charge in [-0.3, -0.25) is 0 Å². The van der Waals surface area contributed by atoms with Crippen molar-refractivity contribution in [1.29, 1.82) is 0 Å². The van der Waals surface area contributed by atoms with Crippen LogP contribution in [0.1, 0.15) is 18.4 Å². The summed E-state index contributed by atoms with van der Waals surface area (Å²) in [5, 5.41) is 0. The maximum absolute atomic E-state index is 12.9. The van der Waals surface area contributed by atoms with Crippen LogP contribution in [-0.4, -0.2) is 53.1 Å². The molecule has 1 heterocycles. The highest BCUT2D eigenvalue weighted by Gasteiger charge is 2.31. The molecule has 0 unspecified atom stereocenters. The zero-order valence-corrected chi connectivity index (χ0v) is 14.8. The molecule has 132 valence electrons.